The maximum absolute atomic E-state index is 11.3. The van der Waals surface area contributed by atoms with Gasteiger partial charge in [0.2, 0.25) is 5.91 Å². The van der Waals surface area contributed by atoms with E-state index in [1.807, 2.05) is 0 Å². The first-order valence-corrected chi connectivity index (χ1v) is 6.34. The summed E-state index contributed by atoms with van der Waals surface area (Å²) < 4.78 is 0. The van der Waals surface area contributed by atoms with Gasteiger partial charge in [-0.3, -0.25) is 4.79 Å². The molecule has 0 aromatic rings. The summed E-state index contributed by atoms with van der Waals surface area (Å²) >= 11 is 0. The third-order valence-electron chi connectivity index (χ3n) is 3.13. The van der Waals surface area contributed by atoms with Gasteiger partial charge in [0.05, 0.1) is 0 Å². The Labute approximate surface area is 92.0 Å². The van der Waals surface area contributed by atoms with Crippen molar-refractivity contribution in [2.45, 2.75) is 51.0 Å². The monoisotopic (exact) mass is 210 g/mol. The molecule has 3 nitrogen and oxygen atoms in total. The summed E-state index contributed by atoms with van der Waals surface area (Å²) in [6, 6.07) is 0.514. The Kier molecular flexibility index (Phi) is 4.01. The molecule has 2 fully saturated rings. The Hall–Kier alpha value is -0.570. The highest BCUT2D eigenvalue weighted by Gasteiger charge is 2.22. The summed E-state index contributed by atoms with van der Waals surface area (Å²) in [5, 5.41) is 6.41. The summed E-state index contributed by atoms with van der Waals surface area (Å²) in [6.45, 7) is 2.12. The van der Waals surface area contributed by atoms with E-state index in [9.17, 15) is 4.79 Å². The van der Waals surface area contributed by atoms with E-state index in [4.69, 9.17) is 0 Å². The summed E-state index contributed by atoms with van der Waals surface area (Å²) in [6.07, 6.45) is 8.23. The Morgan fingerprint density at radius 2 is 1.93 bits per heavy atom. The van der Waals surface area contributed by atoms with Crippen molar-refractivity contribution < 1.29 is 4.79 Å². The van der Waals surface area contributed by atoms with Gasteiger partial charge in [-0.25, -0.2) is 0 Å². The molecule has 1 amide bonds. The van der Waals surface area contributed by atoms with Gasteiger partial charge < -0.3 is 10.6 Å². The van der Waals surface area contributed by atoms with Crippen molar-refractivity contribution in [3.05, 3.63) is 0 Å². The summed E-state index contributed by atoms with van der Waals surface area (Å²) in [7, 11) is 0. The van der Waals surface area contributed by atoms with Gasteiger partial charge in [0.25, 0.3) is 0 Å². The minimum atomic E-state index is 0.237. The average Bonchev–Trinajstić information content (AvgIpc) is 3.04. The lowest BCUT2D eigenvalue weighted by molar-refractivity contribution is -0.121. The first-order chi connectivity index (χ1) is 7.34. The van der Waals surface area contributed by atoms with Crippen LogP contribution in [0.1, 0.15) is 44.9 Å². The number of amides is 1. The molecule has 0 spiro atoms. The third-order valence-corrected chi connectivity index (χ3v) is 3.13. The predicted molar refractivity (Wildman–Crippen MR) is 60.6 cm³/mol. The fraction of sp³-hybridized carbons (Fsp3) is 0.917. The van der Waals surface area contributed by atoms with Crippen LogP contribution in [0.25, 0.3) is 0 Å². The van der Waals surface area contributed by atoms with Gasteiger partial charge in [-0.1, -0.05) is 12.8 Å². The standard InChI is InChI=1S/C12H22N2O/c15-12(14-11-5-6-11)2-1-8-13-9-7-10-3-4-10/h10-11,13H,1-9H2,(H,14,15). The van der Waals surface area contributed by atoms with Crippen molar-refractivity contribution >= 4 is 5.91 Å². The molecular weight excluding hydrogens is 188 g/mol. The minimum Gasteiger partial charge on any atom is -0.353 e. The van der Waals surface area contributed by atoms with Crippen molar-refractivity contribution in [2.24, 2.45) is 5.92 Å². The van der Waals surface area contributed by atoms with E-state index in [0.29, 0.717) is 12.5 Å². The summed E-state index contributed by atoms with van der Waals surface area (Å²) in [5.74, 6) is 1.25. The Morgan fingerprint density at radius 1 is 1.13 bits per heavy atom. The quantitative estimate of drug-likeness (QED) is 0.595. The number of carbonyl (C=O) groups excluding carboxylic acids is 1. The normalized spacial score (nSPS) is 20.3. The number of rotatable bonds is 8. The second-order valence-corrected chi connectivity index (χ2v) is 4.93. The van der Waals surface area contributed by atoms with Crippen LogP contribution in [0, 0.1) is 5.92 Å². The smallest absolute Gasteiger partial charge is 0.220 e. The van der Waals surface area contributed by atoms with E-state index in [2.05, 4.69) is 10.6 Å². The van der Waals surface area contributed by atoms with Crippen molar-refractivity contribution in [1.29, 1.82) is 0 Å². The fourth-order valence-corrected chi connectivity index (χ4v) is 1.74. The minimum absolute atomic E-state index is 0.237. The Bertz CT molecular complexity index is 210. The van der Waals surface area contributed by atoms with Crippen LogP contribution in [0.5, 0.6) is 0 Å². The van der Waals surface area contributed by atoms with Crippen LogP contribution in [0.3, 0.4) is 0 Å². The summed E-state index contributed by atoms with van der Waals surface area (Å²) in [5.41, 5.74) is 0. The van der Waals surface area contributed by atoms with Crippen LogP contribution >= 0.6 is 0 Å². The van der Waals surface area contributed by atoms with Crippen LogP contribution < -0.4 is 10.6 Å². The zero-order chi connectivity index (χ0) is 10.5. The molecule has 0 unspecified atom stereocenters. The zero-order valence-electron chi connectivity index (χ0n) is 9.43. The predicted octanol–water partition coefficient (Wildman–Crippen LogP) is 1.43. The van der Waals surface area contributed by atoms with Gasteiger partial charge >= 0.3 is 0 Å². The number of carbonyl (C=O) groups is 1. The average molecular weight is 210 g/mol. The lowest BCUT2D eigenvalue weighted by Gasteiger charge is -2.04. The van der Waals surface area contributed by atoms with Crippen molar-refractivity contribution in [3.63, 3.8) is 0 Å². The lowest BCUT2D eigenvalue weighted by atomic mass is 10.2. The van der Waals surface area contributed by atoms with Gasteiger partial charge in [-0.2, -0.15) is 0 Å². The van der Waals surface area contributed by atoms with E-state index in [-0.39, 0.29) is 5.91 Å². The van der Waals surface area contributed by atoms with Gasteiger partial charge in [0.15, 0.2) is 0 Å². The molecule has 0 atom stereocenters. The topological polar surface area (TPSA) is 41.1 Å². The Balaban J connectivity index is 1.35. The third kappa shape index (κ3) is 5.17. The van der Waals surface area contributed by atoms with Gasteiger partial charge in [-0.05, 0) is 44.7 Å². The second kappa shape index (κ2) is 5.50. The van der Waals surface area contributed by atoms with Crippen LogP contribution in [-0.2, 0) is 4.79 Å². The highest BCUT2D eigenvalue weighted by atomic mass is 16.1. The molecule has 0 bridgehead atoms. The molecule has 0 saturated heterocycles. The molecule has 15 heavy (non-hydrogen) atoms. The van der Waals surface area contributed by atoms with Gasteiger partial charge in [-0.15, -0.1) is 0 Å². The molecular formula is C12H22N2O. The zero-order valence-corrected chi connectivity index (χ0v) is 9.43. The number of nitrogens with one attached hydrogen (secondary N) is 2. The molecule has 2 N–H and O–H groups in total. The van der Waals surface area contributed by atoms with Crippen LogP contribution in [0.2, 0.25) is 0 Å². The lowest BCUT2D eigenvalue weighted by Crippen LogP contribution is -2.26. The molecule has 0 heterocycles. The van der Waals surface area contributed by atoms with Crippen LogP contribution in [-0.4, -0.2) is 25.0 Å². The molecule has 86 valence electrons. The highest BCUT2D eigenvalue weighted by Crippen LogP contribution is 2.31. The Morgan fingerprint density at radius 3 is 2.60 bits per heavy atom. The molecule has 0 aromatic heterocycles. The first kappa shape index (κ1) is 10.9. The highest BCUT2D eigenvalue weighted by molar-refractivity contribution is 5.76. The van der Waals surface area contributed by atoms with Crippen LogP contribution in [0.15, 0.2) is 0 Å². The van der Waals surface area contributed by atoms with E-state index >= 15 is 0 Å². The number of hydrogen-bond donors (Lipinski definition) is 2. The molecule has 2 saturated carbocycles. The van der Waals surface area contributed by atoms with E-state index in [0.717, 1.165) is 25.4 Å². The molecule has 0 radical (unpaired) electrons. The van der Waals surface area contributed by atoms with Crippen molar-refractivity contribution in [3.8, 4) is 0 Å². The molecule has 3 heteroatoms. The van der Waals surface area contributed by atoms with E-state index in [1.54, 1.807) is 0 Å². The largest absolute Gasteiger partial charge is 0.353 e. The number of hydrogen-bond acceptors (Lipinski definition) is 2. The fourth-order valence-electron chi connectivity index (χ4n) is 1.74. The maximum atomic E-state index is 11.3. The van der Waals surface area contributed by atoms with E-state index < -0.39 is 0 Å². The van der Waals surface area contributed by atoms with Crippen LogP contribution in [0.4, 0.5) is 0 Å². The first-order valence-electron chi connectivity index (χ1n) is 6.34. The van der Waals surface area contributed by atoms with Gasteiger partial charge in [0.1, 0.15) is 0 Å². The maximum Gasteiger partial charge on any atom is 0.220 e. The molecule has 0 aromatic carbocycles. The van der Waals surface area contributed by atoms with E-state index in [1.165, 1.54) is 32.1 Å². The molecule has 2 aliphatic carbocycles. The summed E-state index contributed by atoms with van der Waals surface area (Å²) in [4.78, 5) is 11.3. The van der Waals surface area contributed by atoms with Crippen molar-refractivity contribution in [2.75, 3.05) is 13.1 Å². The second-order valence-electron chi connectivity index (χ2n) is 4.93. The molecule has 2 rings (SSSR count). The molecule has 0 aliphatic heterocycles. The van der Waals surface area contributed by atoms with Crippen molar-refractivity contribution in [1.82, 2.24) is 10.6 Å². The van der Waals surface area contributed by atoms with Gasteiger partial charge in [0, 0.05) is 12.5 Å². The SMILES string of the molecule is O=C(CCCNCCC1CC1)NC1CC1. The molecule has 2 aliphatic rings.